The van der Waals surface area contributed by atoms with Crippen molar-refractivity contribution >= 4 is 28.8 Å². The molecule has 1 fully saturated rings. The number of thiophene rings is 1. The number of nitrogens with zero attached hydrogens (tertiary/aromatic N) is 1. The molecule has 1 aliphatic rings. The van der Waals surface area contributed by atoms with E-state index in [-0.39, 0.29) is 28.9 Å². The topological polar surface area (TPSA) is 61.4 Å². The van der Waals surface area contributed by atoms with Crippen LogP contribution in [-0.2, 0) is 0 Å². The second-order valence-electron chi connectivity index (χ2n) is 9.82. The monoisotopic (exact) mass is 441 g/mol. The third-order valence-electron chi connectivity index (χ3n) is 5.74. The van der Waals surface area contributed by atoms with Gasteiger partial charge in [-0.2, -0.15) is 0 Å². The van der Waals surface area contributed by atoms with Crippen molar-refractivity contribution in [2.24, 2.45) is 0 Å². The Kier molecular flexibility index (Phi) is 7.22. The lowest BCUT2D eigenvalue weighted by molar-refractivity contribution is 0.0441. The maximum Gasteiger partial charge on any atom is 0.265 e. The number of carbonyl (C=O) groups excluding carboxylic acids is 2. The van der Waals surface area contributed by atoms with E-state index in [2.05, 4.69) is 50.2 Å². The Labute approximate surface area is 190 Å². The summed E-state index contributed by atoms with van der Waals surface area (Å²) in [5.74, 6) is -0.108. The van der Waals surface area contributed by atoms with Crippen molar-refractivity contribution in [3.63, 3.8) is 0 Å². The summed E-state index contributed by atoms with van der Waals surface area (Å²) in [5.41, 5.74) is 1.20. The summed E-state index contributed by atoms with van der Waals surface area (Å²) in [5, 5.41) is 8.51. The number of benzene rings is 1. The molecule has 2 N–H and O–H groups in total. The number of carbonyl (C=O) groups is 2. The third-order valence-corrected chi connectivity index (χ3v) is 6.60. The van der Waals surface area contributed by atoms with Crippen LogP contribution >= 0.6 is 11.3 Å². The lowest BCUT2D eigenvalue weighted by Crippen LogP contribution is -2.62. The third kappa shape index (κ3) is 6.17. The van der Waals surface area contributed by atoms with Gasteiger partial charge >= 0.3 is 0 Å². The van der Waals surface area contributed by atoms with Crippen LogP contribution in [0.5, 0.6) is 0 Å². The summed E-state index contributed by atoms with van der Waals surface area (Å²) in [6.07, 6.45) is 3.85. The molecular formula is C25H35N3O2S. The van der Waals surface area contributed by atoms with Gasteiger partial charge in [0, 0.05) is 34.9 Å². The van der Waals surface area contributed by atoms with Gasteiger partial charge in [-0.05, 0) is 76.6 Å². The Morgan fingerprint density at radius 3 is 2.45 bits per heavy atom. The highest BCUT2D eigenvalue weighted by Crippen LogP contribution is 2.32. The summed E-state index contributed by atoms with van der Waals surface area (Å²) >= 11 is 1.40. The molecule has 0 unspecified atom stereocenters. The van der Waals surface area contributed by atoms with E-state index in [1.165, 1.54) is 11.3 Å². The standard InChI is InChI=1S/C25H35N3O2S/c1-6-7-13-28(20-16-24(2,3)27-25(4,5)17-20)23(30)18-10-8-11-19(15-18)26-22(29)21-12-9-14-31-21/h8-12,14-15,20,27H,6-7,13,16-17H2,1-5H3,(H,26,29). The highest BCUT2D eigenvalue weighted by atomic mass is 32.1. The van der Waals surface area contributed by atoms with Crippen molar-refractivity contribution in [3.05, 3.63) is 52.2 Å². The molecule has 0 bridgehead atoms. The first-order valence-electron chi connectivity index (χ1n) is 11.2. The number of amides is 2. The van der Waals surface area contributed by atoms with Gasteiger partial charge in [0.2, 0.25) is 0 Å². The fourth-order valence-electron chi connectivity index (χ4n) is 4.76. The van der Waals surface area contributed by atoms with Gasteiger partial charge in [-0.25, -0.2) is 0 Å². The van der Waals surface area contributed by atoms with Gasteiger partial charge in [0.05, 0.1) is 4.88 Å². The quantitative estimate of drug-likeness (QED) is 0.592. The highest BCUT2D eigenvalue weighted by Gasteiger charge is 2.41. The Morgan fingerprint density at radius 1 is 1.13 bits per heavy atom. The minimum Gasteiger partial charge on any atom is -0.336 e. The van der Waals surface area contributed by atoms with E-state index in [1.807, 2.05) is 29.6 Å². The average molecular weight is 442 g/mol. The smallest absolute Gasteiger partial charge is 0.265 e. The van der Waals surface area contributed by atoms with E-state index in [1.54, 1.807) is 12.1 Å². The molecule has 2 aromatic rings. The van der Waals surface area contributed by atoms with Crippen molar-refractivity contribution in [2.45, 2.75) is 77.4 Å². The Bertz CT molecular complexity index is 889. The van der Waals surface area contributed by atoms with E-state index in [9.17, 15) is 9.59 Å². The van der Waals surface area contributed by atoms with Crippen LogP contribution < -0.4 is 10.6 Å². The molecule has 168 valence electrons. The summed E-state index contributed by atoms with van der Waals surface area (Å²) < 4.78 is 0. The first-order chi connectivity index (χ1) is 14.6. The van der Waals surface area contributed by atoms with Gasteiger partial charge in [-0.1, -0.05) is 25.5 Å². The second kappa shape index (κ2) is 9.53. The predicted octanol–water partition coefficient (Wildman–Crippen LogP) is 5.55. The number of nitrogens with one attached hydrogen (secondary N) is 2. The van der Waals surface area contributed by atoms with E-state index in [0.29, 0.717) is 16.1 Å². The van der Waals surface area contributed by atoms with Gasteiger partial charge in [-0.15, -0.1) is 11.3 Å². The Balaban J connectivity index is 1.82. The summed E-state index contributed by atoms with van der Waals surface area (Å²) in [7, 11) is 0. The van der Waals surface area contributed by atoms with Crippen molar-refractivity contribution in [3.8, 4) is 0 Å². The Morgan fingerprint density at radius 2 is 1.84 bits per heavy atom. The van der Waals surface area contributed by atoms with E-state index in [0.717, 1.165) is 32.2 Å². The van der Waals surface area contributed by atoms with Crippen molar-refractivity contribution < 1.29 is 9.59 Å². The molecule has 0 spiro atoms. The zero-order chi connectivity index (χ0) is 22.6. The first-order valence-corrected chi connectivity index (χ1v) is 12.0. The molecule has 1 aliphatic heterocycles. The van der Waals surface area contributed by atoms with Gasteiger partial charge < -0.3 is 15.5 Å². The van der Waals surface area contributed by atoms with Gasteiger partial charge in [0.1, 0.15) is 0 Å². The fraction of sp³-hybridized carbons (Fsp3) is 0.520. The van der Waals surface area contributed by atoms with Crippen LogP contribution in [0.1, 0.15) is 80.3 Å². The molecule has 2 amide bonds. The molecule has 5 nitrogen and oxygen atoms in total. The summed E-state index contributed by atoms with van der Waals surface area (Å²) in [6, 6.07) is 11.1. The van der Waals surface area contributed by atoms with E-state index >= 15 is 0 Å². The van der Waals surface area contributed by atoms with Crippen LogP contribution in [0.2, 0.25) is 0 Å². The highest BCUT2D eigenvalue weighted by molar-refractivity contribution is 7.12. The van der Waals surface area contributed by atoms with Crippen LogP contribution in [0.25, 0.3) is 0 Å². The van der Waals surface area contributed by atoms with Crippen molar-refractivity contribution in [1.82, 2.24) is 10.2 Å². The maximum atomic E-state index is 13.6. The number of piperidine rings is 1. The molecule has 0 aliphatic carbocycles. The molecule has 31 heavy (non-hydrogen) atoms. The summed E-state index contributed by atoms with van der Waals surface area (Å²) in [4.78, 5) is 28.8. The summed E-state index contributed by atoms with van der Waals surface area (Å²) in [6.45, 7) is 11.8. The van der Waals surface area contributed by atoms with Gasteiger partial charge in [0.25, 0.3) is 11.8 Å². The number of rotatable bonds is 7. The molecule has 0 radical (unpaired) electrons. The molecule has 0 saturated carbocycles. The molecule has 1 saturated heterocycles. The number of unbranched alkanes of at least 4 members (excludes halogenated alkanes) is 1. The molecule has 1 aromatic carbocycles. The lowest BCUT2D eigenvalue weighted by Gasteiger charge is -2.49. The number of hydrogen-bond donors (Lipinski definition) is 2. The molecule has 1 aromatic heterocycles. The minimum absolute atomic E-state index is 0.0340. The van der Waals surface area contributed by atoms with Gasteiger partial charge in [0.15, 0.2) is 0 Å². The molecule has 2 heterocycles. The fourth-order valence-corrected chi connectivity index (χ4v) is 5.38. The van der Waals surface area contributed by atoms with E-state index in [4.69, 9.17) is 0 Å². The van der Waals surface area contributed by atoms with Gasteiger partial charge in [-0.3, -0.25) is 9.59 Å². The zero-order valence-corrected chi connectivity index (χ0v) is 20.1. The van der Waals surface area contributed by atoms with Crippen LogP contribution in [0.15, 0.2) is 41.8 Å². The number of hydrogen-bond acceptors (Lipinski definition) is 4. The normalized spacial score (nSPS) is 17.8. The van der Waals surface area contributed by atoms with Crippen molar-refractivity contribution in [2.75, 3.05) is 11.9 Å². The van der Waals surface area contributed by atoms with Crippen LogP contribution in [-0.4, -0.2) is 40.4 Å². The first kappa shape index (κ1) is 23.5. The van der Waals surface area contributed by atoms with Crippen molar-refractivity contribution in [1.29, 1.82) is 0 Å². The number of anilines is 1. The Hall–Kier alpha value is -2.18. The van der Waals surface area contributed by atoms with Crippen LogP contribution in [0, 0.1) is 0 Å². The van der Waals surface area contributed by atoms with Crippen LogP contribution in [0.3, 0.4) is 0 Å². The average Bonchev–Trinajstić information content (AvgIpc) is 3.21. The predicted molar refractivity (Wildman–Crippen MR) is 129 cm³/mol. The largest absolute Gasteiger partial charge is 0.336 e. The maximum absolute atomic E-state index is 13.6. The zero-order valence-electron chi connectivity index (χ0n) is 19.3. The molecule has 0 atom stereocenters. The van der Waals surface area contributed by atoms with Crippen LogP contribution in [0.4, 0.5) is 5.69 Å². The second-order valence-corrected chi connectivity index (χ2v) is 10.8. The molecule has 3 rings (SSSR count). The molecule has 6 heteroatoms. The SMILES string of the molecule is CCCCN(C(=O)c1cccc(NC(=O)c2cccs2)c1)C1CC(C)(C)NC(C)(C)C1. The van der Waals surface area contributed by atoms with E-state index < -0.39 is 0 Å². The minimum atomic E-state index is -0.149. The lowest BCUT2D eigenvalue weighted by atomic mass is 9.78. The molecular weight excluding hydrogens is 406 g/mol.